The molecule has 1 rings (SSSR count). The van der Waals surface area contributed by atoms with Crippen LogP contribution >= 0.6 is 0 Å². The topological polar surface area (TPSA) is 38.3 Å². The maximum absolute atomic E-state index is 11.9. The second-order valence-electron chi connectivity index (χ2n) is 5.28. The van der Waals surface area contributed by atoms with Crippen molar-refractivity contribution in [1.29, 1.82) is 0 Å². The van der Waals surface area contributed by atoms with Crippen molar-refractivity contribution in [2.45, 2.75) is 64.5 Å². The van der Waals surface area contributed by atoms with Crippen molar-refractivity contribution in [3.05, 3.63) is 0 Å². The highest BCUT2D eigenvalue weighted by molar-refractivity contribution is 5.80. The van der Waals surface area contributed by atoms with Crippen molar-refractivity contribution in [2.75, 3.05) is 7.11 Å². The molecule has 1 saturated carbocycles. The number of rotatable bonds is 6. The molecule has 94 valence electrons. The van der Waals surface area contributed by atoms with E-state index < -0.39 is 5.54 Å². The largest absolute Gasteiger partial charge is 0.468 e. The van der Waals surface area contributed by atoms with Crippen LogP contribution in [0.25, 0.3) is 0 Å². The van der Waals surface area contributed by atoms with Crippen molar-refractivity contribution < 1.29 is 9.53 Å². The van der Waals surface area contributed by atoms with E-state index in [-0.39, 0.29) is 5.97 Å². The summed E-state index contributed by atoms with van der Waals surface area (Å²) in [5.41, 5.74) is -0.505. The van der Waals surface area contributed by atoms with E-state index >= 15 is 0 Å². The molecule has 1 fully saturated rings. The molecule has 0 amide bonds. The minimum absolute atomic E-state index is 0.125. The lowest BCUT2D eigenvalue weighted by molar-refractivity contribution is -0.149. The van der Waals surface area contributed by atoms with Crippen LogP contribution in [0.15, 0.2) is 0 Å². The number of esters is 1. The van der Waals surface area contributed by atoms with E-state index in [4.69, 9.17) is 4.74 Å². The van der Waals surface area contributed by atoms with Gasteiger partial charge in [0.15, 0.2) is 0 Å². The summed E-state index contributed by atoms with van der Waals surface area (Å²) in [4.78, 5) is 11.9. The molecule has 3 heteroatoms. The number of carbonyl (C=O) groups excluding carboxylic acids is 1. The van der Waals surface area contributed by atoms with Crippen molar-refractivity contribution in [1.82, 2.24) is 5.32 Å². The molecule has 0 aromatic heterocycles. The van der Waals surface area contributed by atoms with Crippen LogP contribution in [-0.4, -0.2) is 24.7 Å². The van der Waals surface area contributed by atoms with Gasteiger partial charge < -0.3 is 4.74 Å². The van der Waals surface area contributed by atoms with E-state index in [0.717, 1.165) is 12.8 Å². The zero-order chi connectivity index (χ0) is 12.2. The summed E-state index contributed by atoms with van der Waals surface area (Å²) in [6.45, 7) is 6.21. The molecule has 0 heterocycles. The van der Waals surface area contributed by atoms with Gasteiger partial charge in [-0.05, 0) is 32.6 Å². The van der Waals surface area contributed by atoms with Crippen molar-refractivity contribution in [3.63, 3.8) is 0 Å². The van der Waals surface area contributed by atoms with Gasteiger partial charge >= 0.3 is 5.97 Å². The van der Waals surface area contributed by atoms with E-state index in [1.165, 1.54) is 26.4 Å². The molecule has 0 bridgehead atoms. The van der Waals surface area contributed by atoms with Crippen LogP contribution in [0.1, 0.15) is 52.9 Å². The number of hydrogen-bond acceptors (Lipinski definition) is 3. The van der Waals surface area contributed by atoms with E-state index in [0.29, 0.717) is 12.0 Å². The average molecular weight is 227 g/mol. The quantitative estimate of drug-likeness (QED) is 0.708. The summed E-state index contributed by atoms with van der Waals surface area (Å²) >= 11 is 0. The Balaban J connectivity index is 2.61. The molecule has 1 N–H and O–H groups in total. The lowest BCUT2D eigenvalue weighted by Gasteiger charge is -2.37. The van der Waals surface area contributed by atoms with Gasteiger partial charge in [0, 0.05) is 6.04 Å². The second-order valence-corrected chi connectivity index (χ2v) is 5.28. The Kier molecular flexibility index (Phi) is 4.78. The van der Waals surface area contributed by atoms with Crippen LogP contribution in [-0.2, 0) is 9.53 Å². The molecule has 2 unspecified atom stereocenters. The van der Waals surface area contributed by atoms with Gasteiger partial charge in [-0.2, -0.15) is 0 Å². The fourth-order valence-corrected chi connectivity index (χ4v) is 2.35. The Bertz CT molecular complexity index is 229. The molecule has 0 aromatic carbocycles. The van der Waals surface area contributed by atoms with Crippen molar-refractivity contribution in [3.8, 4) is 0 Å². The fraction of sp³-hybridized carbons (Fsp3) is 0.923. The van der Waals surface area contributed by atoms with Gasteiger partial charge in [-0.3, -0.25) is 10.1 Å². The molecule has 0 saturated heterocycles. The first-order valence-electron chi connectivity index (χ1n) is 6.38. The number of ether oxygens (including phenoxy) is 1. The zero-order valence-electron chi connectivity index (χ0n) is 11.0. The van der Waals surface area contributed by atoms with Gasteiger partial charge in [0.05, 0.1) is 7.11 Å². The molecule has 0 radical (unpaired) electrons. The van der Waals surface area contributed by atoms with Crippen LogP contribution < -0.4 is 5.32 Å². The van der Waals surface area contributed by atoms with Crippen LogP contribution in [0.5, 0.6) is 0 Å². The molecular formula is C13H25NO2. The molecular weight excluding hydrogens is 202 g/mol. The van der Waals surface area contributed by atoms with E-state index in [2.05, 4.69) is 19.2 Å². The molecule has 1 aliphatic carbocycles. The Morgan fingerprint density at radius 2 is 2.19 bits per heavy atom. The summed E-state index contributed by atoms with van der Waals surface area (Å²) in [5.74, 6) is 0.570. The highest BCUT2D eigenvalue weighted by Gasteiger charge is 2.38. The highest BCUT2D eigenvalue weighted by atomic mass is 16.5. The maximum Gasteiger partial charge on any atom is 0.325 e. The average Bonchev–Trinajstić information content (AvgIpc) is 2.22. The van der Waals surface area contributed by atoms with Crippen LogP contribution in [0, 0.1) is 5.92 Å². The normalized spacial score (nSPS) is 22.0. The summed E-state index contributed by atoms with van der Waals surface area (Å²) in [7, 11) is 1.47. The van der Waals surface area contributed by atoms with Crippen molar-refractivity contribution in [2.24, 2.45) is 5.92 Å². The maximum atomic E-state index is 11.9. The van der Waals surface area contributed by atoms with E-state index in [1.807, 2.05) is 6.92 Å². The van der Waals surface area contributed by atoms with Gasteiger partial charge in [0.1, 0.15) is 5.54 Å². The molecule has 16 heavy (non-hydrogen) atoms. The third-order valence-corrected chi connectivity index (χ3v) is 3.73. The number of methoxy groups -OCH3 is 1. The van der Waals surface area contributed by atoms with Gasteiger partial charge in [-0.25, -0.2) is 0 Å². The Morgan fingerprint density at radius 1 is 1.56 bits per heavy atom. The number of hydrogen-bond donors (Lipinski definition) is 1. The highest BCUT2D eigenvalue weighted by Crippen LogP contribution is 2.34. The minimum Gasteiger partial charge on any atom is -0.468 e. The van der Waals surface area contributed by atoms with Gasteiger partial charge in [0.25, 0.3) is 0 Å². The molecule has 2 atom stereocenters. The Morgan fingerprint density at radius 3 is 2.56 bits per heavy atom. The Hall–Kier alpha value is -0.570. The summed E-state index contributed by atoms with van der Waals surface area (Å²) < 4.78 is 4.93. The SMILES string of the molecule is CCC(C)NC(C)(CC1CCC1)C(=O)OC. The molecule has 0 spiro atoms. The van der Waals surface area contributed by atoms with Gasteiger partial charge in [-0.1, -0.05) is 26.2 Å². The molecule has 3 nitrogen and oxygen atoms in total. The lowest BCUT2D eigenvalue weighted by Crippen LogP contribution is -2.55. The number of nitrogens with one attached hydrogen (secondary N) is 1. The van der Waals surface area contributed by atoms with E-state index in [9.17, 15) is 4.79 Å². The van der Waals surface area contributed by atoms with E-state index in [1.54, 1.807) is 0 Å². The predicted molar refractivity (Wildman–Crippen MR) is 65.3 cm³/mol. The summed E-state index contributed by atoms with van der Waals surface area (Å²) in [6, 6.07) is 0.351. The molecule has 0 aromatic rings. The van der Waals surface area contributed by atoms with Gasteiger partial charge in [-0.15, -0.1) is 0 Å². The standard InChI is InChI=1S/C13H25NO2/c1-5-10(2)14-13(3,12(15)16-4)9-11-7-6-8-11/h10-11,14H,5-9H2,1-4H3. The first-order chi connectivity index (χ1) is 7.51. The van der Waals surface area contributed by atoms with Crippen LogP contribution in [0.4, 0.5) is 0 Å². The van der Waals surface area contributed by atoms with Crippen molar-refractivity contribution >= 4 is 5.97 Å². The molecule has 0 aliphatic heterocycles. The van der Waals surface area contributed by atoms with Crippen LogP contribution in [0.3, 0.4) is 0 Å². The number of carbonyl (C=O) groups is 1. The summed E-state index contributed by atoms with van der Waals surface area (Å²) in [5, 5.41) is 3.42. The smallest absolute Gasteiger partial charge is 0.325 e. The van der Waals surface area contributed by atoms with Crippen LogP contribution in [0.2, 0.25) is 0 Å². The second kappa shape index (κ2) is 5.67. The first kappa shape index (κ1) is 13.5. The third kappa shape index (κ3) is 3.21. The monoisotopic (exact) mass is 227 g/mol. The van der Waals surface area contributed by atoms with Gasteiger partial charge in [0.2, 0.25) is 0 Å². The first-order valence-corrected chi connectivity index (χ1v) is 6.38. The minimum atomic E-state index is -0.505. The fourth-order valence-electron chi connectivity index (χ4n) is 2.35. The Labute approximate surface area is 98.9 Å². The summed E-state index contributed by atoms with van der Waals surface area (Å²) in [6.07, 6.45) is 5.76. The predicted octanol–water partition coefficient (Wildman–Crippen LogP) is 2.50. The third-order valence-electron chi connectivity index (χ3n) is 3.73. The lowest BCUT2D eigenvalue weighted by atomic mass is 9.76. The zero-order valence-corrected chi connectivity index (χ0v) is 11.0. The molecule has 1 aliphatic rings.